The van der Waals surface area contributed by atoms with Crippen LogP contribution in [0.25, 0.3) is 0 Å². The van der Waals surface area contributed by atoms with Gasteiger partial charge in [0.1, 0.15) is 12.1 Å². The van der Waals surface area contributed by atoms with Crippen molar-refractivity contribution in [2.45, 2.75) is 18.6 Å². The molecule has 0 aliphatic carbocycles. The predicted octanol–water partition coefficient (Wildman–Crippen LogP) is -0.213. The first-order valence-corrected chi connectivity index (χ1v) is 6.56. The van der Waals surface area contributed by atoms with Crippen LogP contribution in [0.5, 0.6) is 0 Å². The van der Waals surface area contributed by atoms with Crippen LogP contribution in [0.3, 0.4) is 0 Å². The van der Waals surface area contributed by atoms with Crippen LogP contribution >= 0.6 is 0 Å². The minimum atomic E-state index is -1.05. The minimum absolute atomic E-state index is 0.252. The summed E-state index contributed by atoms with van der Waals surface area (Å²) < 4.78 is 5.30. The number of ether oxygens (including phenoxy) is 1. The van der Waals surface area contributed by atoms with E-state index in [-0.39, 0.29) is 12.3 Å². The van der Waals surface area contributed by atoms with E-state index >= 15 is 0 Å². The van der Waals surface area contributed by atoms with Gasteiger partial charge in [-0.2, -0.15) is 0 Å². The van der Waals surface area contributed by atoms with E-state index in [4.69, 9.17) is 4.74 Å². The Balaban J connectivity index is 1.95. The summed E-state index contributed by atoms with van der Waals surface area (Å²) in [5.41, 5.74) is 0.864. The van der Waals surface area contributed by atoms with Gasteiger partial charge in [0.2, 0.25) is 0 Å². The SMILES string of the molecule is O=C(N[C@H](Cc1ccccc1)C(=O)O)C1CNCCO1. The highest BCUT2D eigenvalue weighted by molar-refractivity contribution is 5.86. The zero-order valence-electron chi connectivity index (χ0n) is 11.0. The molecule has 0 radical (unpaired) electrons. The number of morpholine rings is 1. The van der Waals surface area contributed by atoms with Gasteiger partial charge in [-0.1, -0.05) is 30.3 Å². The molecule has 0 aromatic heterocycles. The van der Waals surface area contributed by atoms with Crippen LogP contribution in [0.1, 0.15) is 5.56 Å². The molecular weight excluding hydrogens is 260 g/mol. The highest BCUT2D eigenvalue weighted by Crippen LogP contribution is 2.05. The van der Waals surface area contributed by atoms with Crippen LogP contribution in [0.2, 0.25) is 0 Å². The molecule has 1 saturated heterocycles. The quantitative estimate of drug-likeness (QED) is 0.693. The summed E-state index contributed by atoms with van der Waals surface area (Å²) >= 11 is 0. The fourth-order valence-electron chi connectivity index (χ4n) is 2.05. The van der Waals surface area contributed by atoms with E-state index in [1.165, 1.54) is 0 Å². The second-order valence-electron chi connectivity index (χ2n) is 4.65. The Labute approximate surface area is 117 Å². The molecule has 1 fully saturated rings. The lowest BCUT2D eigenvalue weighted by atomic mass is 10.1. The van der Waals surface area contributed by atoms with Crippen molar-refractivity contribution >= 4 is 11.9 Å². The summed E-state index contributed by atoms with van der Waals surface area (Å²) in [5, 5.41) is 14.8. The number of carbonyl (C=O) groups excluding carboxylic acids is 1. The molecule has 3 N–H and O–H groups in total. The number of carbonyl (C=O) groups is 2. The number of benzene rings is 1. The van der Waals surface area contributed by atoms with Crippen LogP contribution in [0.15, 0.2) is 30.3 Å². The first-order chi connectivity index (χ1) is 9.66. The molecular formula is C14H18N2O4. The summed E-state index contributed by atoms with van der Waals surface area (Å²) in [6.45, 7) is 1.56. The van der Waals surface area contributed by atoms with Gasteiger partial charge in [-0.3, -0.25) is 4.79 Å². The summed E-state index contributed by atoms with van der Waals surface area (Å²) in [4.78, 5) is 23.2. The normalized spacial score (nSPS) is 20.1. The van der Waals surface area contributed by atoms with Gasteiger partial charge in [0, 0.05) is 19.5 Å². The molecule has 1 aromatic carbocycles. The molecule has 2 atom stereocenters. The van der Waals surface area contributed by atoms with Gasteiger partial charge in [-0.15, -0.1) is 0 Å². The maximum absolute atomic E-state index is 12.0. The van der Waals surface area contributed by atoms with E-state index in [0.29, 0.717) is 19.7 Å². The summed E-state index contributed by atoms with van der Waals surface area (Å²) in [6, 6.07) is 8.26. The van der Waals surface area contributed by atoms with Crippen molar-refractivity contribution in [1.82, 2.24) is 10.6 Å². The number of rotatable bonds is 5. The van der Waals surface area contributed by atoms with Crippen LogP contribution in [-0.2, 0) is 20.7 Å². The fraction of sp³-hybridized carbons (Fsp3) is 0.429. The number of hydrogen-bond donors (Lipinski definition) is 3. The molecule has 108 valence electrons. The third kappa shape index (κ3) is 4.04. The lowest BCUT2D eigenvalue weighted by Gasteiger charge is -2.24. The van der Waals surface area contributed by atoms with Crippen molar-refractivity contribution in [3.05, 3.63) is 35.9 Å². The molecule has 1 amide bonds. The Hall–Kier alpha value is -1.92. The fourth-order valence-corrected chi connectivity index (χ4v) is 2.05. The van der Waals surface area contributed by atoms with Crippen LogP contribution in [-0.4, -0.2) is 48.8 Å². The van der Waals surface area contributed by atoms with E-state index in [0.717, 1.165) is 5.56 Å². The van der Waals surface area contributed by atoms with E-state index in [1.54, 1.807) is 0 Å². The number of nitrogens with one attached hydrogen (secondary N) is 2. The maximum atomic E-state index is 12.0. The third-order valence-corrected chi connectivity index (χ3v) is 3.12. The Morgan fingerprint density at radius 3 is 2.75 bits per heavy atom. The molecule has 6 nitrogen and oxygen atoms in total. The highest BCUT2D eigenvalue weighted by atomic mass is 16.5. The topological polar surface area (TPSA) is 87.7 Å². The number of aliphatic carboxylic acids is 1. The second-order valence-corrected chi connectivity index (χ2v) is 4.65. The van der Waals surface area contributed by atoms with Gasteiger partial charge in [-0.05, 0) is 5.56 Å². The summed E-state index contributed by atoms with van der Waals surface area (Å²) in [6.07, 6.45) is -0.372. The number of amides is 1. The van der Waals surface area contributed by atoms with E-state index in [9.17, 15) is 14.7 Å². The number of carboxylic acid groups (broad SMARTS) is 1. The van der Waals surface area contributed by atoms with Crippen molar-refractivity contribution in [3.8, 4) is 0 Å². The molecule has 1 unspecified atom stereocenters. The molecule has 1 aliphatic heterocycles. The Bertz CT molecular complexity index is 458. The van der Waals surface area contributed by atoms with Crippen LogP contribution < -0.4 is 10.6 Å². The first kappa shape index (κ1) is 14.5. The standard InChI is InChI=1S/C14H18N2O4/c17-13(12-9-15-6-7-20-12)16-11(14(18)19)8-10-4-2-1-3-5-10/h1-5,11-12,15H,6-9H2,(H,16,17)(H,18,19)/t11-,12?/m1/s1. The average Bonchev–Trinajstić information content (AvgIpc) is 2.48. The van der Waals surface area contributed by atoms with Gasteiger partial charge in [0.25, 0.3) is 5.91 Å². The van der Waals surface area contributed by atoms with Gasteiger partial charge < -0.3 is 20.5 Å². The average molecular weight is 278 g/mol. The lowest BCUT2D eigenvalue weighted by molar-refractivity contribution is -0.144. The predicted molar refractivity (Wildman–Crippen MR) is 72.3 cm³/mol. The second kappa shape index (κ2) is 7.02. The maximum Gasteiger partial charge on any atom is 0.326 e. The molecule has 0 bridgehead atoms. The van der Waals surface area contributed by atoms with Gasteiger partial charge in [0.15, 0.2) is 0 Å². The molecule has 1 heterocycles. The zero-order valence-corrected chi connectivity index (χ0v) is 11.0. The minimum Gasteiger partial charge on any atom is -0.480 e. The first-order valence-electron chi connectivity index (χ1n) is 6.56. The molecule has 1 aromatic rings. The largest absolute Gasteiger partial charge is 0.480 e. The van der Waals surface area contributed by atoms with Crippen molar-refractivity contribution in [1.29, 1.82) is 0 Å². The smallest absolute Gasteiger partial charge is 0.326 e. The molecule has 20 heavy (non-hydrogen) atoms. The molecule has 6 heteroatoms. The van der Waals surface area contributed by atoms with E-state index in [1.807, 2.05) is 30.3 Å². The molecule has 0 spiro atoms. The third-order valence-electron chi connectivity index (χ3n) is 3.12. The van der Waals surface area contributed by atoms with E-state index < -0.39 is 18.1 Å². The zero-order chi connectivity index (χ0) is 14.4. The van der Waals surface area contributed by atoms with E-state index in [2.05, 4.69) is 10.6 Å². The van der Waals surface area contributed by atoms with Crippen LogP contribution in [0.4, 0.5) is 0 Å². The number of carboxylic acids is 1. The van der Waals surface area contributed by atoms with Crippen LogP contribution in [0, 0.1) is 0 Å². The Kier molecular flexibility index (Phi) is 5.09. The molecule has 1 aliphatic rings. The van der Waals surface area contributed by atoms with Gasteiger partial charge in [-0.25, -0.2) is 4.79 Å². The Morgan fingerprint density at radius 2 is 2.15 bits per heavy atom. The van der Waals surface area contributed by atoms with Crippen molar-refractivity contribution in [3.63, 3.8) is 0 Å². The van der Waals surface area contributed by atoms with Gasteiger partial charge >= 0.3 is 5.97 Å². The van der Waals surface area contributed by atoms with Gasteiger partial charge in [0.05, 0.1) is 6.61 Å². The highest BCUT2D eigenvalue weighted by Gasteiger charge is 2.27. The Morgan fingerprint density at radius 1 is 1.40 bits per heavy atom. The lowest BCUT2D eigenvalue weighted by Crippen LogP contribution is -2.52. The molecule has 0 saturated carbocycles. The molecule has 2 rings (SSSR count). The van der Waals surface area contributed by atoms with Crippen molar-refractivity contribution in [2.75, 3.05) is 19.7 Å². The summed E-state index contributed by atoms with van der Waals surface area (Å²) in [5.74, 6) is -1.44. The monoisotopic (exact) mass is 278 g/mol. The summed E-state index contributed by atoms with van der Waals surface area (Å²) in [7, 11) is 0. The number of hydrogen-bond acceptors (Lipinski definition) is 4. The van der Waals surface area contributed by atoms with Crippen molar-refractivity contribution < 1.29 is 19.4 Å². The van der Waals surface area contributed by atoms with Crippen molar-refractivity contribution in [2.24, 2.45) is 0 Å².